The molecule has 0 bridgehead atoms. The smallest absolute Gasteiger partial charge is 0.0886 e. The van der Waals surface area contributed by atoms with Crippen molar-refractivity contribution in [1.29, 1.82) is 0 Å². The number of hydrogen-bond acceptors (Lipinski definition) is 12. The number of aromatic nitrogens is 12. The normalized spacial score (nSPS) is 9.41. The molecule has 364 valence electrons. The van der Waals surface area contributed by atoms with Gasteiger partial charge in [-0.3, -0.25) is 59.8 Å². The second kappa shape index (κ2) is 33.6. The fourth-order valence-corrected chi connectivity index (χ4v) is 6.17. The predicted molar refractivity (Wildman–Crippen MR) is 285 cm³/mol. The molecule has 12 heterocycles. The van der Waals surface area contributed by atoms with Crippen molar-refractivity contribution in [2.24, 2.45) is 0 Å². The van der Waals surface area contributed by atoms with E-state index in [2.05, 4.69) is 59.8 Å². The second-order valence-electron chi connectivity index (χ2n) is 14.6. The van der Waals surface area contributed by atoms with Crippen LogP contribution in [0.5, 0.6) is 0 Å². The van der Waals surface area contributed by atoms with Crippen LogP contribution < -0.4 is 0 Å². The first-order valence-electron chi connectivity index (χ1n) is 22.7. The van der Waals surface area contributed by atoms with Crippen LogP contribution in [0, 0.1) is 0 Å². The minimum atomic E-state index is 0. The van der Waals surface area contributed by atoms with E-state index in [9.17, 15) is 0 Å². The van der Waals surface area contributed by atoms with Crippen LogP contribution in [0.1, 0.15) is 0 Å². The molecule has 0 fully saturated rings. The van der Waals surface area contributed by atoms with Crippen LogP contribution in [-0.2, 0) is 39.0 Å². The third kappa shape index (κ3) is 19.7. The molecule has 0 unspecified atom stereocenters. The standard InChI is InChI=1S/6C10H8N2.2Ru/c6*1-3-7-11-9(5-1)10-6-2-4-8-12-10;;/h6*1-8H;;. The van der Waals surface area contributed by atoms with E-state index in [1.807, 2.05) is 218 Å². The number of rotatable bonds is 6. The Kier molecular flexibility index (Phi) is 25.4. The minimum Gasteiger partial charge on any atom is -0.255 e. The molecule has 0 aliphatic carbocycles. The van der Waals surface area contributed by atoms with Crippen molar-refractivity contribution in [3.63, 3.8) is 0 Å². The van der Waals surface area contributed by atoms with Gasteiger partial charge in [0.1, 0.15) is 0 Å². The summed E-state index contributed by atoms with van der Waals surface area (Å²) in [6.07, 6.45) is 21.2. The van der Waals surface area contributed by atoms with Gasteiger partial charge in [-0.2, -0.15) is 0 Å². The van der Waals surface area contributed by atoms with Crippen LogP contribution in [-0.4, -0.2) is 59.8 Å². The Morgan fingerprint density at radius 3 is 0.257 bits per heavy atom. The summed E-state index contributed by atoms with van der Waals surface area (Å²) in [7, 11) is 0. The fraction of sp³-hybridized carbons (Fsp3) is 0. The summed E-state index contributed by atoms with van der Waals surface area (Å²) >= 11 is 0. The molecule has 12 aromatic rings. The van der Waals surface area contributed by atoms with Gasteiger partial charge in [0.05, 0.1) is 68.3 Å². The van der Waals surface area contributed by atoms with Crippen LogP contribution >= 0.6 is 0 Å². The average molecular weight is 1140 g/mol. The van der Waals surface area contributed by atoms with E-state index in [0.717, 1.165) is 68.3 Å². The summed E-state index contributed by atoms with van der Waals surface area (Å²) in [5, 5.41) is 0. The fourth-order valence-electron chi connectivity index (χ4n) is 6.17. The molecule has 0 radical (unpaired) electrons. The average Bonchev–Trinajstić information content (AvgIpc) is 3.51. The van der Waals surface area contributed by atoms with Gasteiger partial charge in [-0.05, 0) is 146 Å². The maximum absolute atomic E-state index is 4.19. The van der Waals surface area contributed by atoms with Crippen LogP contribution in [0.15, 0.2) is 293 Å². The van der Waals surface area contributed by atoms with Crippen LogP contribution in [0.3, 0.4) is 0 Å². The molecule has 12 aromatic heterocycles. The van der Waals surface area contributed by atoms with Gasteiger partial charge in [0.2, 0.25) is 0 Å². The van der Waals surface area contributed by atoms with Gasteiger partial charge in [0, 0.05) is 113 Å². The van der Waals surface area contributed by atoms with Crippen molar-refractivity contribution in [1.82, 2.24) is 59.8 Å². The van der Waals surface area contributed by atoms with Gasteiger partial charge in [-0.25, -0.2) is 0 Å². The molecular formula is C60H48N12Ru2. The van der Waals surface area contributed by atoms with Gasteiger partial charge in [-0.15, -0.1) is 0 Å². The molecular weight excluding hydrogens is 1090 g/mol. The summed E-state index contributed by atoms with van der Waals surface area (Å²) < 4.78 is 0. The predicted octanol–water partition coefficient (Wildman–Crippen LogP) is 12.9. The Morgan fingerprint density at radius 1 is 0.122 bits per heavy atom. The van der Waals surface area contributed by atoms with Crippen LogP contribution in [0.25, 0.3) is 68.3 Å². The van der Waals surface area contributed by atoms with Gasteiger partial charge in [-0.1, -0.05) is 72.8 Å². The van der Waals surface area contributed by atoms with E-state index in [4.69, 9.17) is 0 Å². The van der Waals surface area contributed by atoms with Crippen molar-refractivity contribution in [2.75, 3.05) is 0 Å². The summed E-state index contributed by atoms with van der Waals surface area (Å²) in [5.41, 5.74) is 11.0. The first-order chi connectivity index (χ1) is 35.8. The Hall–Kier alpha value is -8.95. The summed E-state index contributed by atoms with van der Waals surface area (Å²) in [5.74, 6) is 0. The molecule has 12 nitrogen and oxygen atoms in total. The third-order valence-corrected chi connectivity index (χ3v) is 9.55. The van der Waals surface area contributed by atoms with E-state index in [0.29, 0.717) is 0 Å². The summed E-state index contributed by atoms with van der Waals surface area (Å²) in [6.45, 7) is 0. The Bertz CT molecular complexity index is 2430. The molecule has 0 aliphatic heterocycles. The summed E-state index contributed by atoms with van der Waals surface area (Å²) in [4.78, 5) is 50.2. The van der Waals surface area contributed by atoms with Crippen LogP contribution in [0.4, 0.5) is 0 Å². The molecule has 0 atom stereocenters. The molecule has 14 heteroatoms. The topological polar surface area (TPSA) is 155 Å². The van der Waals surface area contributed by atoms with E-state index in [-0.39, 0.29) is 39.0 Å². The first-order valence-corrected chi connectivity index (χ1v) is 22.7. The largest absolute Gasteiger partial charge is 0.255 e. The quantitative estimate of drug-likeness (QED) is 0.146. The molecule has 0 saturated heterocycles. The molecule has 0 N–H and O–H groups in total. The van der Waals surface area contributed by atoms with Gasteiger partial charge < -0.3 is 0 Å². The van der Waals surface area contributed by atoms with Gasteiger partial charge in [0.25, 0.3) is 0 Å². The molecule has 0 aliphatic rings. The van der Waals surface area contributed by atoms with E-state index in [1.165, 1.54) is 0 Å². The SMILES string of the molecule is [Ru].[Ru].c1ccc(-c2ccccn2)nc1.c1ccc(-c2ccccn2)nc1.c1ccc(-c2ccccn2)nc1.c1ccc(-c2ccccn2)nc1.c1ccc(-c2ccccn2)nc1.c1ccc(-c2ccccn2)nc1. The van der Waals surface area contributed by atoms with Crippen molar-refractivity contribution in [3.05, 3.63) is 293 Å². The zero-order valence-corrected chi connectivity index (χ0v) is 43.3. The Morgan fingerprint density at radius 2 is 0.203 bits per heavy atom. The Labute approximate surface area is 456 Å². The van der Waals surface area contributed by atoms with Crippen LogP contribution in [0.2, 0.25) is 0 Å². The maximum atomic E-state index is 4.19. The zero-order valence-electron chi connectivity index (χ0n) is 39.8. The van der Waals surface area contributed by atoms with Crippen molar-refractivity contribution in [3.8, 4) is 68.3 Å². The molecule has 74 heavy (non-hydrogen) atoms. The maximum Gasteiger partial charge on any atom is 0.0886 e. The third-order valence-electron chi connectivity index (χ3n) is 9.55. The molecule has 12 rings (SSSR count). The van der Waals surface area contributed by atoms with Crippen molar-refractivity contribution >= 4 is 0 Å². The molecule has 0 spiro atoms. The Balaban J connectivity index is 0.000000164. The monoisotopic (exact) mass is 1140 g/mol. The molecule has 0 saturated carbocycles. The van der Waals surface area contributed by atoms with Gasteiger partial charge >= 0.3 is 0 Å². The second-order valence-corrected chi connectivity index (χ2v) is 14.6. The van der Waals surface area contributed by atoms with Gasteiger partial charge in [0.15, 0.2) is 0 Å². The summed E-state index contributed by atoms with van der Waals surface area (Å²) in [6, 6.07) is 69.6. The van der Waals surface area contributed by atoms with Crippen molar-refractivity contribution < 1.29 is 39.0 Å². The minimum absolute atomic E-state index is 0. The zero-order chi connectivity index (χ0) is 49.4. The first kappa shape index (κ1) is 56.0. The van der Waals surface area contributed by atoms with E-state index >= 15 is 0 Å². The van der Waals surface area contributed by atoms with E-state index in [1.54, 1.807) is 74.4 Å². The number of nitrogens with zero attached hydrogens (tertiary/aromatic N) is 12. The van der Waals surface area contributed by atoms with E-state index < -0.39 is 0 Å². The molecule has 0 amide bonds. The number of pyridine rings is 12. The van der Waals surface area contributed by atoms with Crippen molar-refractivity contribution in [2.45, 2.75) is 0 Å². The number of hydrogen-bond donors (Lipinski definition) is 0. The molecule has 0 aromatic carbocycles.